The number of amides is 2. The topological polar surface area (TPSA) is 75.4 Å². The van der Waals surface area contributed by atoms with Gasteiger partial charge in [-0.15, -0.1) is 0 Å². The first-order valence-corrected chi connectivity index (χ1v) is 9.91. The van der Waals surface area contributed by atoms with Gasteiger partial charge in [-0.2, -0.15) is 0 Å². The highest BCUT2D eigenvalue weighted by molar-refractivity contribution is 5.96. The molecule has 0 radical (unpaired) electrons. The molecule has 1 aromatic heterocycles. The number of aryl methyl sites for hydroxylation is 2. The number of anilines is 2. The van der Waals surface area contributed by atoms with Crippen LogP contribution >= 0.6 is 0 Å². The molecule has 1 aliphatic heterocycles. The molecule has 1 N–H and O–H groups in total. The fourth-order valence-corrected chi connectivity index (χ4v) is 3.43. The van der Waals surface area contributed by atoms with Gasteiger partial charge in [0.15, 0.2) is 11.7 Å². The minimum Gasteiger partial charge on any atom is -0.441 e. The van der Waals surface area contributed by atoms with Crippen LogP contribution in [0.3, 0.4) is 0 Å². The second kappa shape index (κ2) is 8.49. The lowest BCUT2D eigenvalue weighted by Crippen LogP contribution is -2.24. The van der Waals surface area contributed by atoms with Crippen molar-refractivity contribution < 1.29 is 18.4 Å². The van der Waals surface area contributed by atoms with Crippen LogP contribution in [0, 0.1) is 12.7 Å². The van der Waals surface area contributed by atoms with Gasteiger partial charge in [0, 0.05) is 37.1 Å². The highest BCUT2D eigenvalue weighted by Crippen LogP contribution is 2.27. The average Bonchev–Trinajstić information content (AvgIpc) is 3.36. The van der Waals surface area contributed by atoms with Gasteiger partial charge in [-0.3, -0.25) is 9.59 Å². The fraction of sp³-hybridized carbons (Fsp3) is 0.261. The first kappa shape index (κ1) is 19.8. The average molecular weight is 407 g/mol. The number of hydrogen-bond acceptors (Lipinski definition) is 4. The summed E-state index contributed by atoms with van der Waals surface area (Å²) < 4.78 is 20.1. The van der Waals surface area contributed by atoms with Crippen molar-refractivity contribution in [1.82, 2.24) is 4.98 Å². The van der Waals surface area contributed by atoms with E-state index in [1.54, 1.807) is 12.3 Å². The second-order valence-corrected chi connectivity index (χ2v) is 7.35. The minimum atomic E-state index is -0.529. The van der Waals surface area contributed by atoms with Crippen molar-refractivity contribution in [3.8, 4) is 11.3 Å². The molecule has 6 nitrogen and oxygen atoms in total. The molecule has 2 amide bonds. The van der Waals surface area contributed by atoms with Crippen LogP contribution in [0.4, 0.5) is 15.8 Å². The number of aromatic nitrogens is 1. The number of nitrogens with zero attached hydrogens (tertiary/aromatic N) is 2. The summed E-state index contributed by atoms with van der Waals surface area (Å²) in [5.41, 5.74) is 2.68. The molecule has 30 heavy (non-hydrogen) atoms. The number of carbonyl (C=O) groups excluding carboxylic acids is 2. The van der Waals surface area contributed by atoms with Crippen molar-refractivity contribution in [2.45, 2.75) is 32.6 Å². The number of benzene rings is 2. The summed E-state index contributed by atoms with van der Waals surface area (Å²) in [5, 5.41) is 2.67. The molecule has 154 valence electrons. The standard InChI is InChI=1S/C23H22FN3O3/c1-15-4-6-16(7-5-15)20-14-25-22(30-20)11-10-21(28)26-17-8-9-19(18(24)13-17)27-12-2-3-23(27)29/h4-9,13-14H,2-3,10-12H2,1H3,(H,26,28). The molecule has 0 saturated carbocycles. The summed E-state index contributed by atoms with van der Waals surface area (Å²) in [6.07, 6.45) is 3.29. The molecule has 1 aliphatic rings. The molecule has 1 saturated heterocycles. The molecule has 2 aromatic carbocycles. The molecular formula is C23H22FN3O3. The lowest BCUT2D eigenvalue weighted by Gasteiger charge is -2.17. The Morgan fingerprint density at radius 1 is 1.23 bits per heavy atom. The van der Waals surface area contributed by atoms with Gasteiger partial charge in [0.1, 0.15) is 5.82 Å². The number of nitrogens with one attached hydrogen (secondary N) is 1. The van der Waals surface area contributed by atoms with E-state index in [0.717, 1.165) is 17.5 Å². The molecule has 0 unspecified atom stereocenters. The summed E-state index contributed by atoms with van der Waals surface area (Å²) in [4.78, 5) is 29.7. The van der Waals surface area contributed by atoms with Gasteiger partial charge < -0.3 is 14.6 Å². The van der Waals surface area contributed by atoms with E-state index in [-0.39, 0.29) is 23.9 Å². The Kier molecular flexibility index (Phi) is 5.61. The molecule has 0 spiro atoms. The number of rotatable bonds is 6. The summed E-state index contributed by atoms with van der Waals surface area (Å²) >= 11 is 0. The third-order valence-electron chi connectivity index (χ3n) is 5.05. The first-order valence-electron chi connectivity index (χ1n) is 9.91. The van der Waals surface area contributed by atoms with Gasteiger partial charge in [0.25, 0.3) is 0 Å². The zero-order valence-corrected chi connectivity index (χ0v) is 16.7. The third kappa shape index (κ3) is 4.40. The Labute approximate surface area is 173 Å². The van der Waals surface area contributed by atoms with Gasteiger partial charge in [-0.1, -0.05) is 29.8 Å². The van der Waals surface area contributed by atoms with Gasteiger partial charge in [0.2, 0.25) is 11.8 Å². The number of oxazole rings is 1. The summed E-state index contributed by atoms with van der Waals surface area (Å²) in [5.74, 6) is 0.240. The monoisotopic (exact) mass is 407 g/mol. The van der Waals surface area contributed by atoms with E-state index in [9.17, 15) is 14.0 Å². The maximum Gasteiger partial charge on any atom is 0.227 e. The first-order chi connectivity index (χ1) is 14.5. The van der Waals surface area contributed by atoms with Crippen LogP contribution in [0.15, 0.2) is 53.1 Å². The molecule has 3 aromatic rings. The van der Waals surface area contributed by atoms with Crippen molar-refractivity contribution in [3.05, 3.63) is 65.9 Å². The molecular weight excluding hydrogens is 385 g/mol. The van der Waals surface area contributed by atoms with Crippen LogP contribution < -0.4 is 10.2 Å². The second-order valence-electron chi connectivity index (χ2n) is 7.35. The Balaban J connectivity index is 1.33. The Morgan fingerprint density at radius 3 is 2.73 bits per heavy atom. The van der Waals surface area contributed by atoms with Crippen molar-refractivity contribution in [3.63, 3.8) is 0 Å². The van der Waals surface area contributed by atoms with E-state index >= 15 is 0 Å². The number of carbonyl (C=O) groups is 2. The molecule has 1 fully saturated rings. The maximum atomic E-state index is 14.4. The van der Waals surface area contributed by atoms with Gasteiger partial charge in [-0.25, -0.2) is 9.37 Å². The summed E-state index contributed by atoms with van der Waals surface area (Å²) in [7, 11) is 0. The fourth-order valence-electron chi connectivity index (χ4n) is 3.43. The van der Waals surface area contributed by atoms with E-state index in [0.29, 0.717) is 36.7 Å². The van der Waals surface area contributed by atoms with E-state index in [1.807, 2.05) is 31.2 Å². The van der Waals surface area contributed by atoms with Crippen LogP contribution in [-0.2, 0) is 16.0 Å². The third-order valence-corrected chi connectivity index (χ3v) is 5.05. The highest BCUT2D eigenvalue weighted by Gasteiger charge is 2.24. The lowest BCUT2D eigenvalue weighted by molar-refractivity contribution is -0.117. The van der Waals surface area contributed by atoms with E-state index in [2.05, 4.69) is 10.3 Å². The Morgan fingerprint density at radius 2 is 2.03 bits per heavy atom. The molecule has 0 aliphatic carbocycles. The van der Waals surface area contributed by atoms with Crippen molar-refractivity contribution in [2.75, 3.05) is 16.8 Å². The van der Waals surface area contributed by atoms with Crippen molar-refractivity contribution >= 4 is 23.2 Å². The zero-order valence-electron chi connectivity index (χ0n) is 16.7. The van der Waals surface area contributed by atoms with Crippen LogP contribution in [0.25, 0.3) is 11.3 Å². The van der Waals surface area contributed by atoms with Crippen LogP contribution in [-0.4, -0.2) is 23.3 Å². The van der Waals surface area contributed by atoms with Crippen LogP contribution in [0.2, 0.25) is 0 Å². The van der Waals surface area contributed by atoms with E-state index < -0.39 is 5.82 Å². The summed E-state index contributed by atoms with van der Waals surface area (Å²) in [6.45, 7) is 2.53. The quantitative estimate of drug-likeness (QED) is 0.653. The van der Waals surface area contributed by atoms with Crippen LogP contribution in [0.1, 0.15) is 30.7 Å². The Bertz CT molecular complexity index is 1080. The molecule has 7 heteroatoms. The van der Waals surface area contributed by atoms with Crippen LogP contribution in [0.5, 0.6) is 0 Å². The smallest absolute Gasteiger partial charge is 0.227 e. The Hall–Kier alpha value is -3.48. The van der Waals surface area contributed by atoms with Gasteiger partial charge >= 0.3 is 0 Å². The van der Waals surface area contributed by atoms with Crippen molar-refractivity contribution in [2.24, 2.45) is 0 Å². The number of hydrogen-bond donors (Lipinski definition) is 1. The van der Waals surface area contributed by atoms with E-state index in [4.69, 9.17) is 4.42 Å². The van der Waals surface area contributed by atoms with E-state index in [1.165, 1.54) is 17.0 Å². The molecule has 0 bridgehead atoms. The number of halogens is 1. The normalized spacial score (nSPS) is 13.7. The highest BCUT2D eigenvalue weighted by atomic mass is 19.1. The maximum absolute atomic E-state index is 14.4. The van der Waals surface area contributed by atoms with Gasteiger partial charge in [0.05, 0.1) is 11.9 Å². The molecule has 2 heterocycles. The zero-order chi connectivity index (χ0) is 21.1. The minimum absolute atomic E-state index is 0.0818. The predicted octanol–water partition coefficient (Wildman–Crippen LogP) is 4.49. The molecule has 0 atom stereocenters. The largest absolute Gasteiger partial charge is 0.441 e. The SMILES string of the molecule is Cc1ccc(-c2cnc(CCC(=O)Nc3ccc(N4CCCC4=O)c(F)c3)o2)cc1. The lowest BCUT2D eigenvalue weighted by atomic mass is 10.1. The van der Waals surface area contributed by atoms with Crippen molar-refractivity contribution in [1.29, 1.82) is 0 Å². The summed E-state index contributed by atoms with van der Waals surface area (Å²) in [6, 6.07) is 12.3. The molecule has 4 rings (SSSR count). The predicted molar refractivity (Wildman–Crippen MR) is 112 cm³/mol. The van der Waals surface area contributed by atoms with Gasteiger partial charge in [-0.05, 0) is 31.5 Å².